The largest absolute Gasteiger partial charge is 0.434 e. The molecule has 0 fully saturated rings. The number of ether oxygens (including phenoxy) is 2. The standard InChI is InChI=1S/C11H10F4O3/c12-10(13)17-8-4-1-5-9(18-11(14)15)7(8)3-2-6-16/h1,4-6,10-11H,2-3H2. The van der Waals surface area contributed by atoms with Crippen molar-refractivity contribution in [3.63, 3.8) is 0 Å². The summed E-state index contributed by atoms with van der Waals surface area (Å²) in [7, 11) is 0. The van der Waals surface area contributed by atoms with Crippen molar-refractivity contribution in [3.05, 3.63) is 23.8 Å². The molecule has 0 aliphatic rings. The van der Waals surface area contributed by atoms with Crippen molar-refractivity contribution in [2.24, 2.45) is 0 Å². The molecule has 7 heteroatoms. The van der Waals surface area contributed by atoms with E-state index in [0.29, 0.717) is 6.29 Å². The number of rotatable bonds is 7. The lowest BCUT2D eigenvalue weighted by Gasteiger charge is -2.14. The van der Waals surface area contributed by atoms with Gasteiger partial charge < -0.3 is 14.3 Å². The first-order valence-corrected chi connectivity index (χ1v) is 4.99. The highest BCUT2D eigenvalue weighted by Gasteiger charge is 2.16. The molecular formula is C11H10F4O3. The summed E-state index contributed by atoms with van der Waals surface area (Å²) >= 11 is 0. The van der Waals surface area contributed by atoms with Gasteiger partial charge in [0.25, 0.3) is 0 Å². The van der Waals surface area contributed by atoms with Gasteiger partial charge >= 0.3 is 13.2 Å². The third-order valence-electron chi connectivity index (χ3n) is 2.03. The average Bonchev–Trinajstić information content (AvgIpc) is 2.26. The third-order valence-corrected chi connectivity index (χ3v) is 2.03. The summed E-state index contributed by atoms with van der Waals surface area (Å²) in [4.78, 5) is 10.3. The molecular weight excluding hydrogens is 256 g/mol. The molecule has 0 aliphatic carbocycles. The zero-order valence-electron chi connectivity index (χ0n) is 9.11. The Morgan fingerprint density at radius 3 is 1.94 bits per heavy atom. The fourth-order valence-electron chi connectivity index (χ4n) is 1.41. The van der Waals surface area contributed by atoms with E-state index in [1.54, 1.807) is 0 Å². The van der Waals surface area contributed by atoms with Gasteiger partial charge in [-0.05, 0) is 18.6 Å². The summed E-state index contributed by atoms with van der Waals surface area (Å²) in [6.45, 7) is -6.16. The summed E-state index contributed by atoms with van der Waals surface area (Å²) in [6.07, 6.45) is 0.517. The minimum absolute atomic E-state index is 0.0107. The van der Waals surface area contributed by atoms with Crippen LogP contribution in [0, 0.1) is 0 Å². The Hall–Kier alpha value is -1.79. The second kappa shape index (κ2) is 6.83. The monoisotopic (exact) mass is 266 g/mol. The maximum atomic E-state index is 12.1. The second-order valence-electron chi connectivity index (χ2n) is 3.20. The number of alkyl halides is 4. The quantitative estimate of drug-likeness (QED) is 0.562. The Morgan fingerprint density at radius 2 is 1.56 bits per heavy atom. The number of carbonyl (C=O) groups is 1. The van der Waals surface area contributed by atoms with E-state index in [1.165, 1.54) is 18.2 Å². The number of hydrogen-bond acceptors (Lipinski definition) is 3. The summed E-state index contributed by atoms with van der Waals surface area (Å²) in [6, 6.07) is 3.65. The van der Waals surface area contributed by atoms with Crippen molar-refractivity contribution in [1.82, 2.24) is 0 Å². The smallest absolute Gasteiger partial charge is 0.387 e. The molecule has 0 bridgehead atoms. The molecule has 18 heavy (non-hydrogen) atoms. The van der Waals surface area contributed by atoms with Gasteiger partial charge in [-0.15, -0.1) is 0 Å². The SMILES string of the molecule is O=CCCc1c(OC(F)F)cccc1OC(F)F. The first kappa shape index (κ1) is 14.3. The molecule has 0 saturated carbocycles. The Morgan fingerprint density at radius 1 is 1.06 bits per heavy atom. The van der Waals surface area contributed by atoms with E-state index in [4.69, 9.17) is 0 Å². The fourth-order valence-corrected chi connectivity index (χ4v) is 1.41. The number of carbonyl (C=O) groups excluding carboxylic acids is 1. The summed E-state index contributed by atoms with van der Waals surface area (Å²) in [5.41, 5.74) is 0.0187. The average molecular weight is 266 g/mol. The third kappa shape index (κ3) is 4.23. The second-order valence-corrected chi connectivity index (χ2v) is 3.20. The number of aldehydes is 1. The number of hydrogen-bond donors (Lipinski definition) is 0. The molecule has 1 aromatic carbocycles. The Balaban J connectivity index is 3.03. The van der Waals surface area contributed by atoms with Gasteiger partial charge in [0.05, 0.1) is 0 Å². The van der Waals surface area contributed by atoms with Crippen LogP contribution in [0.15, 0.2) is 18.2 Å². The molecule has 100 valence electrons. The highest BCUT2D eigenvalue weighted by molar-refractivity contribution is 5.53. The highest BCUT2D eigenvalue weighted by Crippen LogP contribution is 2.31. The van der Waals surface area contributed by atoms with Crippen molar-refractivity contribution in [2.75, 3.05) is 0 Å². The number of halogens is 4. The van der Waals surface area contributed by atoms with Crippen LogP contribution in [0.3, 0.4) is 0 Å². The van der Waals surface area contributed by atoms with Crippen molar-refractivity contribution in [2.45, 2.75) is 26.1 Å². The van der Waals surface area contributed by atoms with E-state index in [9.17, 15) is 22.4 Å². The van der Waals surface area contributed by atoms with Crippen LogP contribution in [0.25, 0.3) is 0 Å². The molecule has 0 amide bonds. The van der Waals surface area contributed by atoms with E-state index in [0.717, 1.165) is 0 Å². The maximum absolute atomic E-state index is 12.1. The molecule has 0 heterocycles. The van der Waals surface area contributed by atoms with Crippen molar-refractivity contribution < 1.29 is 31.8 Å². The molecule has 0 atom stereocenters. The van der Waals surface area contributed by atoms with Crippen LogP contribution in [0.5, 0.6) is 11.5 Å². The van der Waals surface area contributed by atoms with E-state index in [1.807, 2.05) is 0 Å². The first-order chi connectivity index (χ1) is 8.54. The minimum Gasteiger partial charge on any atom is -0.434 e. The normalized spacial score (nSPS) is 10.8. The Labute approximate surface area is 100 Å². The Bertz CT molecular complexity index is 368. The Kier molecular flexibility index (Phi) is 5.41. The van der Waals surface area contributed by atoms with Crippen LogP contribution < -0.4 is 9.47 Å². The van der Waals surface area contributed by atoms with E-state index in [-0.39, 0.29) is 29.9 Å². The first-order valence-electron chi connectivity index (χ1n) is 4.99. The lowest BCUT2D eigenvalue weighted by Crippen LogP contribution is -2.09. The maximum Gasteiger partial charge on any atom is 0.387 e. The van der Waals surface area contributed by atoms with Crippen LogP contribution in [0.2, 0.25) is 0 Å². The minimum atomic E-state index is -3.08. The van der Waals surface area contributed by atoms with Gasteiger partial charge in [-0.25, -0.2) is 0 Å². The zero-order valence-corrected chi connectivity index (χ0v) is 9.11. The lowest BCUT2D eigenvalue weighted by molar-refractivity contribution is -0.107. The van der Waals surface area contributed by atoms with Gasteiger partial charge in [0.2, 0.25) is 0 Å². The van der Waals surface area contributed by atoms with Crippen molar-refractivity contribution in [3.8, 4) is 11.5 Å². The summed E-state index contributed by atoms with van der Waals surface area (Å²) < 4.78 is 56.9. The van der Waals surface area contributed by atoms with Gasteiger partial charge in [-0.2, -0.15) is 17.6 Å². The molecule has 0 aromatic heterocycles. The van der Waals surface area contributed by atoms with Crippen LogP contribution in [0.4, 0.5) is 17.6 Å². The van der Waals surface area contributed by atoms with Crippen LogP contribution in [-0.2, 0) is 11.2 Å². The van der Waals surface area contributed by atoms with E-state index < -0.39 is 13.2 Å². The van der Waals surface area contributed by atoms with Crippen molar-refractivity contribution in [1.29, 1.82) is 0 Å². The van der Waals surface area contributed by atoms with Crippen LogP contribution in [0.1, 0.15) is 12.0 Å². The predicted octanol–water partition coefficient (Wildman–Crippen LogP) is 3.02. The van der Waals surface area contributed by atoms with Crippen LogP contribution in [-0.4, -0.2) is 19.5 Å². The van der Waals surface area contributed by atoms with Gasteiger partial charge in [-0.1, -0.05) is 6.07 Å². The molecule has 0 aliphatic heterocycles. The van der Waals surface area contributed by atoms with Gasteiger partial charge in [0.1, 0.15) is 17.8 Å². The lowest BCUT2D eigenvalue weighted by atomic mass is 10.1. The fraction of sp³-hybridized carbons (Fsp3) is 0.364. The van der Waals surface area contributed by atoms with Crippen molar-refractivity contribution >= 4 is 6.29 Å². The predicted molar refractivity (Wildman–Crippen MR) is 54.1 cm³/mol. The van der Waals surface area contributed by atoms with Crippen LogP contribution >= 0.6 is 0 Å². The number of benzene rings is 1. The van der Waals surface area contributed by atoms with Gasteiger partial charge in [0, 0.05) is 12.0 Å². The summed E-state index contributed by atoms with van der Waals surface area (Å²) in [5, 5.41) is 0. The van der Waals surface area contributed by atoms with Gasteiger partial charge in [-0.3, -0.25) is 0 Å². The topological polar surface area (TPSA) is 35.5 Å². The molecule has 0 radical (unpaired) electrons. The molecule has 0 spiro atoms. The molecule has 1 aromatic rings. The zero-order chi connectivity index (χ0) is 13.5. The van der Waals surface area contributed by atoms with E-state index in [2.05, 4.69) is 9.47 Å². The molecule has 0 saturated heterocycles. The molecule has 0 N–H and O–H groups in total. The van der Waals surface area contributed by atoms with Gasteiger partial charge in [0.15, 0.2) is 0 Å². The molecule has 0 unspecified atom stereocenters. The summed E-state index contributed by atoms with van der Waals surface area (Å²) in [5.74, 6) is -0.546. The van der Waals surface area contributed by atoms with E-state index >= 15 is 0 Å². The molecule has 3 nitrogen and oxygen atoms in total. The molecule has 1 rings (SSSR count). The highest BCUT2D eigenvalue weighted by atomic mass is 19.3.